The summed E-state index contributed by atoms with van der Waals surface area (Å²) in [7, 11) is 3.83. The van der Waals surface area contributed by atoms with Gasteiger partial charge in [-0.1, -0.05) is 49.4 Å². The van der Waals surface area contributed by atoms with E-state index in [1.54, 1.807) is 17.5 Å². The number of rotatable bonds is 8. The van der Waals surface area contributed by atoms with Crippen LogP contribution in [0.5, 0.6) is 5.88 Å². The first-order valence-corrected chi connectivity index (χ1v) is 12.2. The molecule has 0 aliphatic carbocycles. The van der Waals surface area contributed by atoms with Gasteiger partial charge in [-0.15, -0.1) is 11.3 Å². The van der Waals surface area contributed by atoms with E-state index in [1.165, 1.54) is 6.92 Å². The van der Waals surface area contributed by atoms with Gasteiger partial charge in [-0.2, -0.15) is 0 Å². The fraction of sp³-hybridized carbons (Fsp3) is 0.231. The summed E-state index contributed by atoms with van der Waals surface area (Å²) in [6.07, 6.45) is 0. The molecule has 2 aromatic carbocycles. The van der Waals surface area contributed by atoms with Gasteiger partial charge in [0.15, 0.2) is 10.9 Å². The molecule has 4 rings (SSSR count). The minimum absolute atomic E-state index is 0.217. The molecule has 0 radical (unpaired) electrons. The fourth-order valence-corrected chi connectivity index (χ4v) is 4.76. The van der Waals surface area contributed by atoms with Crippen LogP contribution in [0.3, 0.4) is 0 Å². The zero-order valence-electron chi connectivity index (χ0n) is 20.4. The minimum Gasteiger partial charge on any atom is -0.493 e. The zero-order valence-corrected chi connectivity index (χ0v) is 21.2. The molecule has 0 saturated heterocycles. The highest BCUT2D eigenvalue weighted by molar-refractivity contribution is 7.14. The molecule has 2 aromatic heterocycles. The Morgan fingerprint density at radius 2 is 1.78 bits per heavy atom. The number of thiazole rings is 1. The third-order valence-electron chi connectivity index (χ3n) is 6.02. The molecule has 36 heavy (non-hydrogen) atoms. The number of ketones is 1. The van der Waals surface area contributed by atoms with Crippen LogP contribution in [0.1, 0.15) is 41.9 Å². The molecule has 9 nitrogen and oxygen atoms in total. The lowest BCUT2D eigenvalue weighted by Crippen LogP contribution is -2.35. The summed E-state index contributed by atoms with van der Waals surface area (Å²) in [6, 6.07) is 15.5. The molecular weight excluding hydrogens is 478 g/mol. The third kappa shape index (κ3) is 4.94. The maximum atomic E-state index is 13.6. The number of benzene rings is 2. The molecule has 0 aliphatic heterocycles. The van der Waals surface area contributed by atoms with Crippen molar-refractivity contribution in [1.82, 2.24) is 14.5 Å². The predicted molar refractivity (Wildman–Crippen MR) is 141 cm³/mol. The number of aromatic amines is 1. The van der Waals surface area contributed by atoms with Crippen LogP contribution < -0.4 is 15.9 Å². The Balaban J connectivity index is 1.76. The van der Waals surface area contributed by atoms with E-state index < -0.39 is 23.6 Å². The number of aromatic nitrogens is 3. The number of hydrogen-bond acceptors (Lipinski definition) is 7. The van der Waals surface area contributed by atoms with Crippen molar-refractivity contribution in [3.05, 3.63) is 81.7 Å². The Bertz CT molecular complexity index is 1440. The van der Waals surface area contributed by atoms with Gasteiger partial charge in [-0.3, -0.25) is 9.59 Å². The number of carbonyl (C=O) groups is 2. The Labute approximate surface area is 212 Å². The van der Waals surface area contributed by atoms with Crippen molar-refractivity contribution in [2.45, 2.75) is 25.8 Å². The summed E-state index contributed by atoms with van der Waals surface area (Å²) in [5, 5.41) is 15.7. The van der Waals surface area contributed by atoms with E-state index in [9.17, 15) is 19.5 Å². The summed E-state index contributed by atoms with van der Waals surface area (Å²) in [5.74, 6) is -1.59. The van der Waals surface area contributed by atoms with Crippen LogP contribution in [-0.2, 0) is 4.79 Å². The summed E-state index contributed by atoms with van der Waals surface area (Å²) >= 11 is 1.11. The van der Waals surface area contributed by atoms with Gasteiger partial charge in [0, 0.05) is 43.6 Å². The normalized spacial score (nSPS) is 12.7. The number of nitrogens with zero attached hydrogens (tertiary/aromatic N) is 3. The van der Waals surface area contributed by atoms with Gasteiger partial charge in [0.25, 0.3) is 0 Å². The van der Waals surface area contributed by atoms with Crippen molar-refractivity contribution in [2.24, 2.45) is 0 Å². The second-order valence-corrected chi connectivity index (χ2v) is 9.53. The number of H-pyrrole nitrogens is 1. The maximum absolute atomic E-state index is 13.6. The van der Waals surface area contributed by atoms with Crippen LogP contribution in [0.4, 0.5) is 10.8 Å². The number of Topliss-reactive ketones (excluding diaryl/α,β-unsaturated/α-hetero) is 1. The van der Waals surface area contributed by atoms with Crippen LogP contribution in [0.15, 0.2) is 64.8 Å². The lowest BCUT2D eigenvalue weighted by Gasteiger charge is -2.24. The van der Waals surface area contributed by atoms with Crippen molar-refractivity contribution < 1.29 is 14.7 Å². The smallest absolute Gasteiger partial charge is 0.329 e. The number of anilines is 2. The molecule has 0 spiro atoms. The highest BCUT2D eigenvalue weighted by Gasteiger charge is 2.33. The summed E-state index contributed by atoms with van der Waals surface area (Å²) < 4.78 is 1.07. The van der Waals surface area contributed by atoms with Crippen molar-refractivity contribution >= 4 is 33.8 Å². The average molecular weight is 506 g/mol. The van der Waals surface area contributed by atoms with E-state index in [1.807, 2.05) is 68.4 Å². The number of carbonyl (C=O) groups excluding carboxylic acids is 2. The molecule has 186 valence electrons. The van der Waals surface area contributed by atoms with E-state index in [4.69, 9.17) is 0 Å². The summed E-state index contributed by atoms with van der Waals surface area (Å²) in [5.41, 5.74) is 2.22. The molecule has 0 aliphatic rings. The number of aromatic hydroxyl groups is 1. The quantitative estimate of drug-likeness (QED) is 0.308. The molecule has 0 bridgehead atoms. The van der Waals surface area contributed by atoms with E-state index in [2.05, 4.69) is 15.3 Å². The van der Waals surface area contributed by atoms with Crippen LogP contribution in [0.25, 0.3) is 11.3 Å². The molecule has 3 N–H and O–H groups in total. The van der Waals surface area contributed by atoms with Gasteiger partial charge in [-0.25, -0.2) is 14.3 Å². The van der Waals surface area contributed by atoms with E-state index in [-0.39, 0.29) is 28.2 Å². The highest BCUT2D eigenvalue weighted by Crippen LogP contribution is 2.35. The van der Waals surface area contributed by atoms with Gasteiger partial charge in [0.1, 0.15) is 17.4 Å². The van der Waals surface area contributed by atoms with Crippen molar-refractivity contribution in [3.63, 3.8) is 0 Å². The Hall–Kier alpha value is -4.18. The highest BCUT2D eigenvalue weighted by atomic mass is 32.1. The standard InChI is InChI=1S/C26H27N5O4S/c1-15(17-8-6-5-7-9-17)22(23(33)29-25-27-20(14-36-25)16(2)32)31-24(34)21(28-26(31)35)18-10-12-19(13-11-18)30(3)4/h5-15,22,34H,1-4H3,(H,28,35)(H,27,29,33)/t15-,22-/m0/s1. The monoisotopic (exact) mass is 505 g/mol. The lowest BCUT2D eigenvalue weighted by molar-refractivity contribution is -0.120. The molecule has 0 saturated carbocycles. The second kappa shape index (κ2) is 10.2. The van der Waals surface area contributed by atoms with E-state index in [0.29, 0.717) is 5.56 Å². The molecule has 2 heterocycles. The Kier molecular flexibility index (Phi) is 7.07. The first kappa shape index (κ1) is 24.9. The predicted octanol–water partition coefficient (Wildman–Crippen LogP) is 4.26. The number of hydrogen-bond donors (Lipinski definition) is 3. The molecular formula is C26H27N5O4S. The van der Waals surface area contributed by atoms with Crippen LogP contribution in [-0.4, -0.2) is 45.4 Å². The summed E-state index contributed by atoms with van der Waals surface area (Å²) in [6.45, 7) is 3.21. The van der Waals surface area contributed by atoms with Crippen LogP contribution in [0.2, 0.25) is 0 Å². The van der Waals surface area contributed by atoms with E-state index >= 15 is 0 Å². The topological polar surface area (TPSA) is 120 Å². The zero-order chi connectivity index (χ0) is 26.0. The van der Waals surface area contributed by atoms with Crippen molar-refractivity contribution in [2.75, 3.05) is 24.3 Å². The van der Waals surface area contributed by atoms with Gasteiger partial charge in [0.2, 0.25) is 11.8 Å². The SMILES string of the molecule is CC(=O)c1csc(NC(=O)[C@H]([C@@H](C)c2ccccc2)n2c(O)c(-c3ccc(N(C)C)cc3)[nH]c2=O)n1. The number of amides is 1. The number of imidazole rings is 1. The van der Waals surface area contributed by atoms with Crippen LogP contribution >= 0.6 is 11.3 Å². The van der Waals surface area contributed by atoms with Crippen molar-refractivity contribution in [1.29, 1.82) is 0 Å². The molecule has 2 atom stereocenters. The molecule has 10 heteroatoms. The number of nitrogens with one attached hydrogen (secondary N) is 2. The maximum Gasteiger partial charge on any atom is 0.329 e. The Morgan fingerprint density at radius 3 is 2.36 bits per heavy atom. The van der Waals surface area contributed by atoms with Gasteiger partial charge < -0.3 is 20.3 Å². The first-order chi connectivity index (χ1) is 17.2. The fourth-order valence-electron chi connectivity index (χ4n) is 4.00. The van der Waals surface area contributed by atoms with Gasteiger partial charge >= 0.3 is 5.69 Å². The second-order valence-electron chi connectivity index (χ2n) is 8.67. The van der Waals surface area contributed by atoms with Crippen LogP contribution in [0, 0.1) is 0 Å². The largest absolute Gasteiger partial charge is 0.493 e. The lowest BCUT2D eigenvalue weighted by atomic mass is 9.92. The van der Waals surface area contributed by atoms with E-state index in [0.717, 1.165) is 27.2 Å². The van der Waals surface area contributed by atoms with Crippen molar-refractivity contribution in [3.8, 4) is 17.1 Å². The van der Waals surface area contributed by atoms with Gasteiger partial charge in [0.05, 0.1) is 0 Å². The summed E-state index contributed by atoms with van der Waals surface area (Å²) in [4.78, 5) is 47.1. The Morgan fingerprint density at radius 1 is 1.11 bits per heavy atom. The minimum atomic E-state index is -1.10. The molecule has 0 fully saturated rings. The molecule has 4 aromatic rings. The molecule has 1 amide bonds. The third-order valence-corrected chi connectivity index (χ3v) is 6.77. The average Bonchev–Trinajstić information content (AvgIpc) is 3.45. The van der Waals surface area contributed by atoms with Gasteiger partial charge in [-0.05, 0) is 17.7 Å². The molecule has 0 unspecified atom stereocenters. The first-order valence-electron chi connectivity index (χ1n) is 11.3.